The van der Waals surface area contributed by atoms with Crippen LogP contribution in [0, 0.1) is 11.7 Å². The lowest BCUT2D eigenvalue weighted by Gasteiger charge is -2.41. The molecule has 4 N–H and O–H groups in total. The van der Waals surface area contributed by atoms with Gasteiger partial charge in [-0.1, -0.05) is 0 Å². The summed E-state index contributed by atoms with van der Waals surface area (Å²) >= 11 is 3.14. The maximum Gasteiger partial charge on any atom is 0.225 e. The van der Waals surface area contributed by atoms with E-state index in [-0.39, 0.29) is 29.1 Å². The van der Waals surface area contributed by atoms with E-state index in [0.29, 0.717) is 18.4 Å². The Balaban J connectivity index is 0.00000210. The lowest BCUT2D eigenvalue weighted by Crippen LogP contribution is -2.58. The molecule has 0 radical (unpaired) electrons. The van der Waals surface area contributed by atoms with Gasteiger partial charge in [-0.05, 0) is 31.4 Å². The Hall–Kier alpha value is -1.04. The van der Waals surface area contributed by atoms with Crippen molar-refractivity contribution < 1.29 is 9.50 Å². The van der Waals surface area contributed by atoms with E-state index in [2.05, 4.69) is 19.7 Å². The molecule has 0 amide bonds. The maximum atomic E-state index is 14.1. The number of thioether (sulfide) groups is 1. The van der Waals surface area contributed by atoms with Crippen LogP contribution in [0.5, 0.6) is 0 Å². The molecule has 0 bridgehead atoms. The molecule has 3 atom stereocenters. The van der Waals surface area contributed by atoms with Crippen LogP contribution in [-0.4, -0.2) is 43.8 Å². The smallest absolute Gasteiger partial charge is 0.225 e. The first kappa shape index (κ1) is 20.7. The van der Waals surface area contributed by atoms with Gasteiger partial charge in [-0.3, -0.25) is 5.32 Å². The molecule has 4 rings (SSSR count). The molecule has 11 heteroatoms. The Morgan fingerprint density at radius 1 is 1.48 bits per heavy atom. The number of nitrogens with zero attached hydrogens (tertiary/aromatic N) is 4. The molecule has 2 aromatic heterocycles. The second kappa shape index (κ2) is 7.41. The zero-order valence-corrected chi connectivity index (χ0v) is 17.4. The Bertz CT molecular complexity index is 805. The van der Waals surface area contributed by atoms with Gasteiger partial charge in [-0.25, -0.2) is 18.7 Å². The molecule has 2 saturated heterocycles. The van der Waals surface area contributed by atoms with E-state index in [0.717, 1.165) is 23.4 Å². The van der Waals surface area contributed by atoms with Crippen LogP contribution in [-0.2, 0) is 11.1 Å². The molecule has 0 spiro atoms. The van der Waals surface area contributed by atoms with Crippen molar-refractivity contribution >= 4 is 41.6 Å². The highest BCUT2D eigenvalue weighted by Crippen LogP contribution is 2.44. The number of hydrogen-bond acceptors (Lipinski definition) is 9. The molecule has 2 aromatic rings. The van der Waals surface area contributed by atoms with E-state index in [1.165, 1.54) is 25.4 Å². The Kier molecular flexibility index (Phi) is 5.68. The first-order chi connectivity index (χ1) is 12.3. The van der Waals surface area contributed by atoms with Gasteiger partial charge in [0.05, 0.1) is 11.7 Å². The summed E-state index contributed by atoms with van der Waals surface area (Å²) < 4.78 is 18.3. The maximum absolute atomic E-state index is 14.1. The fourth-order valence-electron chi connectivity index (χ4n) is 3.68. The van der Waals surface area contributed by atoms with Crippen molar-refractivity contribution in [2.45, 2.75) is 30.5 Å². The van der Waals surface area contributed by atoms with Crippen LogP contribution in [0.1, 0.15) is 24.4 Å². The number of hydrogen-bond donors (Lipinski definition) is 3. The van der Waals surface area contributed by atoms with E-state index >= 15 is 0 Å². The van der Waals surface area contributed by atoms with E-state index in [1.807, 2.05) is 11.0 Å². The van der Waals surface area contributed by atoms with E-state index in [4.69, 9.17) is 5.73 Å². The number of aliphatic hydroxyl groups is 1. The monoisotopic (exact) mass is 432 g/mol. The molecule has 2 aliphatic rings. The van der Waals surface area contributed by atoms with Crippen LogP contribution in [0.2, 0.25) is 0 Å². The van der Waals surface area contributed by atoms with E-state index in [9.17, 15) is 9.50 Å². The number of aromatic nitrogens is 3. The molecule has 1 unspecified atom stereocenters. The van der Waals surface area contributed by atoms with Gasteiger partial charge < -0.3 is 15.7 Å². The summed E-state index contributed by atoms with van der Waals surface area (Å²) in [5.74, 6) is 1.02. The summed E-state index contributed by atoms with van der Waals surface area (Å²) in [5.41, 5.74) is 4.32. The van der Waals surface area contributed by atoms with Crippen LogP contribution >= 0.6 is 35.7 Å². The van der Waals surface area contributed by atoms with Crippen molar-refractivity contribution in [3.63, 3.8) is 0 Å². The minimum Gasteiger partial charge on any atom is -0.384 e. The Morgan fingerprint density at radius 3 is 2.93 bits per heavy atom. The molecule has 2 fully saturated rings. The number of fused-ring (bicyclic) bond motifs is 1. The van der Waals surface area contributed by atoms with Crippen LogP contribution in [0.3, 0.4) is 0 Å². The van der Waals surface area contributed by atoms with Gasteiger partial charge in [0, 0.05) is 35.8 Å². The normalized spacial score (nSPS) is 28.0. The third-order valence-electron chi connectivity index (χ3n) is 4.93. The summed E-state index contributed by atoms with van der Waals surface area (Å²) in [6.45, 7) is 4.37. The van der Waals surface area contributed by atoms with Crippen molar-refractivity contribution in [2.24, 2.45) is 11.7 Å². The zero-order valence-electron chi connectivity index (χ0n) is 14.9. The SMILES string of the molecule is CC(C)(O)c1nc(N2C[C@H]3CSC(N)N[C@@]3(c3ccns3)C2)ncc1F.Cl. The Labute approximate surface area is 171 Å². The average molecular weight is 433 g/mol. The van der Waals surface area contributed by atoms with Gasteiger partial charge in [0.2, 0.25) is 5.95 Å². The highest BCUT2D eigenvalue weighted by atomic mass is 35.5. The van der Waals surface area contributed by atoms with Crippen molar-refractivity contribution in [3.8, 4) is 0 Å². The number of rotatable bonds is 3. The van der Waals surface area contributed by atoms with Crippen molar-refractivity contribution in [3.05, 3.63) is 34.8 Å². The fourth-order valence-corrected chi connectivity index (χ4v) is 5.61. The minimum atomic E-state index is -1.37. The molecule has 148 valence electrons. The number of nitrogens with one attached hydrogen (secondary N) is 1. The fraction of sp³-hybridized carbons (Fsp3) is 0.562. The summed E-state index contributed by atoms with van der Waals surface area (Å²) in [7, 11) is 0. The quantitative estimate of drug-likeness (QED) is 0.673. The summed E-state index contributed by atoms with van der Waals surface area (Å²) in [6, 6.07) is 2.02. The van der Waals surface area contributed by atoms with Gasteiger partial charge in [0.15, 0.2) is 5.82 Å². The van der Waals surface area contributed by atoms with E-state index in [1.54, 1.807) is 18.0 Å². The van der Waals surface area contributed by atoms with Crippen molar-refractivity contribution in [1.29, 1.82) is 0 Å². The van der Waals surface area contributed by atoms with Gasteiger partial charge in [-0.15, -0.1) is 24.2 Å². The van der Waals surface area contributed by atoms with Crippen LogP contribution in [0.25, 0.3) is 0 Å². The Morgan fingerprint density at radius 2 is 2.26 bits per heavy atom. The molecular weight excluding hydrogens is 411 g/mol. The van der Waals surface area contributed by atoms with Crippen molar-refractivity contribution in [2.75, 3.05) is 23.7 Å². The molecule has 0 aromatic carbocycles. The van der Waals surface area contributed by atoms with E-state index < -0.39 is 11.4 Å². The number of halogens is 2. The number of nitrogens with two attached hydrogens (primary N) is 1. The molecule has 0 aliphatic carbocycles. The summed E-state index contributed by atoms with van der Waals surface area (Å²) in [4.78, 5) is 11.7. The molecular formula is C16H22ClFN6OS2. The number of anilines is 1. The van der Waals surface area contributed by atoms with Gasteiger partial charge in [0.1, 0.15) is 16.8 Å². The second-order valence-corrected chi connectivity index (χ2v) is 9.26. The lowest BCUT2D eigenvalue weighted by molar-refractivity contribution is 0.0693. The predicted octanol–water partition coefficient (Wildman–Crippen LogP) is 1.63. The molecule has 4 heterocycles. The van der Waals surface area contributed by atoms with Gasteiger partial charge in [0.25, 0.3) is 0 Å². The molecule has 7 nitrogen and oxygen atoms in total. The van der Waals surface area contributed by atoms with Crippen LogP contribution in [0.4, 0.5) is 10.3 Å². The largest absolute Gasteiger partial charge is 0.384 e. The molecule has 0 saturated carbocycles. The van der Waals surface area contributed by atoms with Crippen LogP contribution < -0.4 is 16.0 Å². The predicted molar refractivity (Wildman–Crippen MR) is 108 cm³/mol. The third kappa shape index (κ3) is 3.66. The average Bonchev–Trinajstić information content (AvgIpc) is 3.22. The molecule has 27 heavy (non-hydrogen) atoms. The second-order valence-electron chi connectivity index (χ2n) is 7.25. The topological polar surface area (TPSA) is 100 Å². The minimum absolute atomic E-state index is 0. The van der Waals surface area contributed by atoms with Crippen LogP contribution in [0.15, 0.2) is 18.5 Å². The van der Waals surface area contributed by atoms with Gasteiger partial charge >= 0.3 is 0 Å². The molecule has 2 aliphatic heterocycles. The standard InChI is InChI=1S/C16H21FN6OS2.ClH/c1-15(2,24)12-10(17)5-19-14(21-12)23-6-9-7-25-13(18)22-16(9,8-23)11-3-4-20-26-11;/h3-5,9,13,22,24H,6-8,18H2,1-2H3;1H/t9-,13?,16-;/m0./s1. The van der Waals surface area contributed by atoms with Crippen molar-refractivity contribution in [1.82, 2.24) is 19.7 Å². The lowest BCUT2D eigenvalue weighted by atomic mass is 9.86. The third-order valence-corrected chi connectivity index (χ3v) is 6.92. The van der Waals surface area contributed by atoms with Gasteiger partial charge in [-0.2, -0.15) is 0 Å². The first-order valence-corrected chi connectivity index (χ1v) is 10.2. The summed E-state index contributed by atoms with van der Waals surface area (Å²) in [6.07, 6.45) is 2.93. The summed E-state index contributed by atoms with van der Waals surface area (Å²) in [5, 5.41) is 13.7. The highest BCUT2D eigenvalue weighted by molar-refractivity contribution is 7.99. The zero-order chi connectivity index (χ0) is 18.5. The first-order valence-electron chi connectivity index (χ1n) is 8.36. The highest BCUT2D eigenvalue weighted by Gasteiger charge is 2.52.